The molecule has 1 fully saturated rings. The number of carbonyl (C=O) groups is 2. The second-order valence-electron chi connectivity index (χ2n) is 4.03. The van der Waals surface area contributed by atoms with Crippen LogP contribution in [0, 0.1) is 0 Å². The Morgan fingerprint density at radius 2 is 1.79 bits per heavy atom. The lowest BCUT2D eigenvalue weighted by molar-refractivity contribution is -0.158. The third-order valence-corrected chi connectivity index (χ3v) is 3.09. The average Bonchev–Trinajstić information content (AvgIpc) is 2.45. The molecule has 0 bridgehead atoms. The third-order valence-electron chi connectivity index (χ3n) is 3.09. The fourth-order valence-electron chi connectivity index (χ4n) is 2.07. The maximum Gasteiger partial charge on any atom is 0.332 e. The fourth-order valence-corrected chi connectivity index (χ4v) is 2.07. The molecular weight excluding hydrogens is 250 g/mol. The van der Waals surface area contributed by atoms with Gasteiger partial charge in [0.15, 0.2) is 12.1 Å². The molecule has 0 saturated carbocycles. The van der Waals surface area contributed by atoms with Gasteiger partial charge < -0.3 is 14.2 Å². The third kappa shape index (κ3) is 2.15. The quantitative estimate of drug-likeness (QED) is 0.589. The van der Waals surface area contributed by atoms with Gasteiger partial charge in [-0.15, -0.1) is 0 Å². The zero-order valence-electron chi connectivity index (χ0n) is 11.0. The highest BCUT2D eigenvalue weighted by molar-refractivity contribution is 6.12. The monoisotopic (exact) mass is 265 g/mol. The lowest BCUT2D eigenvalue weighted by atomic mass is 9.96. The summed E-state index contributed by atoms with van der Waals surface area (Å²) < 4.78 is 14.8. The van der Waals surface area contributed by atoms with Gasteiger partial charge in [0.25, 0.3) is 5.91 Å². The molecule has 1 amide bonds. The van der Waals surface area contributed by atoms with Gasteiger partial charge in [-0.3, -0.25) is 9.69 Å². The Morgan fingerprint density at radius 3 is 2.26 bits per heavy atom. The standard InChI is InChI=1S/C13H15NO5/c1-17-9-6-4-8(5-7-9)14-10(13(16)19-3)11(18-2)12(14)15/h4-7,10-11H,1-3H3/t10-,11-/m1/s1. The van der Waals surface area contributed by atoms with E-state index in [-0.39, 0.29) is 5.91 Å². The lowest BCUT2D eigenvalue weighted by Gasteiger charge is -2.43. The number of rotatable bonds is 4. The van der Waals surface area contributed by atoms with E-state index in [4.69, 9.17) is 14.2 Å². The number of nitrogens with zero attached hydrogens (tertiary/aromatic N) is 1. The molecule has 0 radical (unpaired) electrons. The summed E-state index contributed by atoms with van der Waals surface area (Å²) in [5, 5.41) is 0. The summed E-state index contributed by atoms with van der Waals surface area (Å²) in [5.74, 6) is -0.0834. The summed E-state index contributed by atoms with van der Waals surface area (Å²) in [5.41, 5.74) is 0.606. The van der Waals surface area contributed by atoms with Gasteiger partial charge in [-0.2, -0.15) is 0 Å². The molecule has 1 aromatic carbocycles. The van der Waals surface area contributed by atoms with Gasteiger partial charge in [-0.1, -0.05) is 0 Å². The average molecular weight is 265 g/mol. The summed E-state index contributed by atoms with van der Waals surface area (Å²) >= 11 is 0. The highest BCUT2D eigenvalue weighted by Gasteiger charge is 2.53. The van der Waals surface area contributed by atoms with Crippen molar-refractivity contribution in [3.63, 3.8) is 0 Å². The molecule has 102 valence electrons. The second-order valence-corrected chi connectivity index (χ2v) is 4.03. The number of esters is 1. The summed E-state index contributed by atoms with van der Waals surface area (Å²) in [7, 11) is 4.23. The zero-order chi connectivity index (χ0) is 14.0. The summed E-state index contributed by atoms with van der Waals surface area (Å²) in [4.78, 5) is 25.0. The van der Waals surface area contributed by atoms with Crippen LogP contribution in [0.1, 0.15) is 0 Å². The lowest BCUT2D eigenvalue weighted by Crippen LogP contribution is -2.69. The van der Waals surface area contributed by atoms with E-state index in [2.05, 4.69) is 0 Å². The Bertz CT molecular complexity index is 484. The van der Waals surface area contributed by atoms with Crippen LogP contribution in [-0.2, 0) is 19.1 Å². The van der Waals surface area contributed by atoms with Crippen molar-refractivity contribution in [2.75, 3.05) is 26.2 Å². The number of hydrogen-bond acceptors (Lipinski definition) is 5. The molecule has 2 rings (SSSR count). The van der Waals surface area contributed by atoms with Crippen LogP contribution in [0.3, 0.4) is 0 Å². The van der Waals surface area contributed by atoms with E-state index in [9.17, 15) is 9.59 Å². The summed E-state index contributed by atoms with van der Waals surface area (Å²) in [6.07, 6.45) is -0.783. The molecule has 2 atom stereocenters. The summed E-state index contributed by atoms with van der Waals surface area (Å²) in [6, 6.07) is 6.11. The number of methoxy groups -OCH3 is 3. The SMILES string of the molecule is COC(=O)[C@H]1[C@@H](OC)C(=O)N1c1ccc(OC)cc1. The Kier molecular flexibility index (Phi) is 3.71. The maximum absolute atomic E-state index is 11.9. The number of ether oxygens (including phenoxy) is 3. The Morgan fingerprint density at radius 1 is 1.16 bits per heavy atom. The smallest absolute Gasteiger partial charge is 0.332 e. The normalized spacial score (nSPS) is 21.8. The minimum atomic E-state index is -0.783. The molecule has 1 aliphatic rings. The van der Waals surface area contributed by atoms with Crippen molar-refractivity contribution in [3.8, 4) is 5.75 Å². The van der Waals surface area contributed by atoms with Crippen molar-refractivity contribution in [2.24, 2.45) is 0 Å². The van der Waals surface area contributed by atoms with Gasteiger partial charge in [0, 0.05) is 12.8 Å². The van der Waals surface area contributed by atoms with E-state index >= 15 is 0 Å². The first-order valence-corrected chi connectivity index (χ1v) is 5.71. The highest BCUT2D eigenvalue weighted by atomic mass is 16.5. The van der Waals surface area contributed by atoms with Crippen LogP contribution in [0.15, 0.2) is 24.3 Å². The maximum atomic E-state index is 11.9. The van der Waals surface area contributed by atoms with Gasteiger partial charge in [-0.25, -0.2) is 4.79 Å². The molecule has 6 heteroatoms. The van der Waals surface area contributed by atoms with Crippen LogP contribution in [0.25, 0.3) is 0 Å². The minimum absolute atomic E-state index is 0.261. The van der Waals surface area contributed by atoms with Crippen molar-refractivity contribution >= 4 is 17.6 Å². The van der Waals surface area contributed by atoms with Crippen LogP contribution in [-0.4, -0.2) is 45.4 Å². The van der Waals surface area contributed by atoms with Crippen molar-refractivity contribution < 1.29 is 23.8 Å². The van der Waals surface area contributed by atoms with Crippen LogP contribution in [0.2, 0.25) is 0 Å². The molecule has 0 unspecified atom stereocenters. The molecule has 0 aromatic heterocycles. The number of hydrogen-bond donors (Lipinski definition) is 0. The summed E-state index contributed by atoms with van der Waals surface area (Å²) in [6.45, 7) is 0. The molecular formula is C13H15NO5. The van der Waals surface area contributed by atoms with Crippen molar-refractivity contribution in [2.45, 2.75) is 12.1 Å². The number of anilines is 1. The van der Waals surface area contributed by atoms with Gasteiger partial charge >= 0.3 is 5.97 Å². The number of β-lactam (4-membered cyclic amide) rings is 1. The largest absolute Gasteiger partial charge is 0.497 e. The van der Waals surface area contributed by atoms with E-state index in [1.165, 1.54) is 19.1 Å². The first-order valence-electron chi connectivity index (χ1n) is 5.71. The molecule has 1 saturated heterocycles. The molecule has 1 aromatic rings. The number of amides is 1. The van der Waals surface area contributed by atoms with E-state index in [0.717, 1.165) is 0 Å². The Labute approximate surface area is 110 Å². The first-order chi connectivity index (χ1) is 9.13. The fraction of sp³-hybridized carbons (Fsp3) is 0.385. The minimum Gasteiger partial charge on any atom is -0.497 e. The Balaban J connectivity index is 2.26. The van der Waals surface area contributed by atoms with Gasteiger partial charge in [-0.05, 0) is 24.3 Å². The van der Waals surface area contributed by atoms with E-state index in [0.29, 0.717) is 11.4 Å². The second kappa shape index (κ2) is 5.27. The molecule has 1 heterocycles. The van der Waals surface area contributed by atoms with Gasteiger partial charge in [0.2, 0.25) is 0 Å². The molecule has 19 heavy (non-hydrogen) atoms. The van der Waals surface area contributed by atoms with Crippen molar-refractivity contribution in [3.05, 3.63) is 24.3 Å². The van der Waals surface area contributed by atoms with Gasteiger partial charge in [0.1, 0.15) is 5.75 Å². The zero-order valence-corrected chi connectivity index (χ0v) is 11.0. The van der Waals surface area contributed by atoms with Crippen LogP contribution < -0.4 is 9.64 Å². The molecule has 1 aliphatic heterocycles. The van der Waals surface area contributed by atoms with Crippen molar-refractivity contribution in [1.29, 1.82) is 0 Å². The van der Waals surface area contributed by atoms with E-state index in [1.54, 1.807) is 31.4 Å². The predicted octanol–water partition coefficient (Wildman–Crippen LogP) is 0.598. The van der Waals surface area contributed by atoms with Gasteiger partial charge in [0.05, 0.1) is 14.2 Å². The molecule has 0 N–H and O–H groups in total. The van der Waals surface area contributed by atoms with E-state index in [1.807, 2.05) is 0 Å². The Hall–Kier alpha value is -2.08. The topological polar surface area (TPSA) is 65.1 Å². The van der Waals surface area contributed by atoms with Crippen LogP contribution in [0.4, 0.5) is 5.69 Å². The number of benzene rings is 1. The first kappa shape index (κ1) is 13.4. The predicted molar refractivity (Wildman–Crippen MR) is 67.1 cm³/mol. The van der Waals surface area contributed by atoms with Crippen LogP contribution >= 0.6 is 0 Å². The highest BCUT2D eigenvalue weighted by Crippen LogP contribution is 2.31. The molecule has 0 spiro atoms. The van der Waals surface area contributed by atoms with Crippen molar-refractivity contribution in [1.82, 2.24) is 0 Å². The molecule has 6 nitrogen and oxygen atoms in total. The van der Waals surface area contributed by atoms with Crippen LogP contribution in [0.5, 0.6) is 5.75 Å². The van der Waals surface area contributed by atoms with E-state index < -0.39 is 18.1 Å². The number of carbonyl (C=O) groups excluding carboxylic acids is 2. The molecule has 0 aliphatic carbocycles.